The first-order valence-electron chi connectivity index (χ1n) is 6.40. The molecule has 1 aliphatic heterocycles. The minimum absolute atomic E-state index is 0.0156. The molecule has 106 valence electrons. The van der Waals surface area contributed by atoms with Crippen molar-refractivity contribution < 1.29 is 9.59 Å². The van der Waals surface area contributed by atoms with E-state index >= 15 is 0 Å². The Morgan fingerprint density at radius 3 is 2.85 bits per heavy atom. The first-order valence-corrected chi connectivity index (χ1v) is 6.40. The number of amides is 1. The maximum absolute atomic E-state index is 12.0. The maximum atomic E-state index is 12.0. The number of anilines is 1. The summed E-state index contributed by atoms with van der Waals surface area (Å²) in [5.41, 5.74) is 3.25. The van der Waals surface area contributed by atoms with Gasteiger partial charge in [-0.3, -0.25) is 4.79 Å². The number of hydrogen-bond acceptors (Lipinski definition) is 4. The molecule has 1 aromatic carbocycles. The lowest BCUT2D eigenvalue weighted by Gasteiger charge is -2.26. The van der Waals surface area contributed by atoms with Gasteiger partial charge in [0.05, 0.1) is 12.1 Å². The quantitative estimate of drug-likeness (QED) is 0.872. The first kappa shape index (κ1) is 15.9. The fourth-order valence-electron chi connectivity index (χ4n) is 2.32. The predicted molar refractivity (Wildman–Crippen MR) is 77.2 cm³/mol. The summed E-state index contributed by atoms with van der Waals surface area (Å²) in [7, 11) is 1.74. The van der Waals surface area contributed by atoms with Crippen LogP contribution in [0.3, 0.4) is 0 Å². The van der Waals surface area contributed by atoms with Crippen LogP contribution in [0.2, 0.25) is 0 Å². The minimum atomic E-state index is -0.271. The summed E-state index contributed by atoms with van der Waals surface area (Å²) in [5.74, 6) is -0.113. The first-order chi connectivity index (χ1) is 9.63. The summed E-state index contributed by atoms with van der Waals surface area (Å²) < 4.78 is 0. The Hall–Kier alpha value is -2.19. The van der Waals surface area contributed by atoms with Crippen LogP contribution in [0.15, 0.2) is 18.2 Å². The molecule has 1 aliphatic rings. The van der Waals surface area contributed by atoms with E-state index in [0.29, 0.717) is 12.8 Å². The highest BCUT2D eigenvalue weighted by Gasteiger charge is 2.28. The Balaban J connectivity index is 0.000000956. The highest BCUT2D eigenvalue weighted by atomic mass is 16.2. The van der Waals surface area contributed by atoms with Crippen molar-refractivity contribution in [3.63, 3.8) is 0 Å². The van der Waals surface area contributed by atoms with Gasteiger partial charge in [0.25, 0.3) is 0 Å². The van der Waals surface area contributed by atoms with Crippen LogP contribution in [-0.2, 0) is 16.0 Å². The van der Waals surface area contributed by atoms with Gasteiger partial charge >= 0.3 is 0 Å². The Morgan fingerprint density at radius 1 is 1.55 bits per heavy atom. The van der Waals surface area contributed by atoms with E-state index in [1.807, 2.05) is 25.8 Å². The lowest BCUT2D eigenvalue weighted by Crippen LogP contribution is -2.35. The standard InChI is InChI=1S/C14H17N3O.CH2O/c1-9-3-4-13-10(5-9)6-11(14(18)17-13)7-12(8-15)16-2;1-2/h3-5,11-12,16H,6-7H2,1-2H3,(H,17,18);1H2/t11-,12-;/m0./s1. The molecule has 0 aliphatic carbocycles. The molecule has 2 rings (SSSR count). The van der Waals surface area contributed by atoms with Gasteiger partial charge in [0.15, 0.2) is 0 Å². The lowest BCUT2D eigenvalue weighted by molar-refractivity contribution is -0.120. The van der Waals surface area contributed by atoms with Crippen molar-refractivity contribution in [1.82, 2.24) is 5.32 Å². The monoisotopic (exact) mass is 273 g/mol. The van der Waals surface area contributed by atoms with E-state index in [-0.39, 0.29) is 17.9 Å². The number of carbonyl (C=O) groups excluding carboxylic acids is 2. The largest absolute Gasteiger partial charge is 0.326 e. The van der Waals surface area contributed by atoms with Gasteiger partial charge in [0.1, 0.15) is 6.79 Å². The molecule has 0 saturated heterocycles. The van der Waals surface area contributed by atoms with Crippen LogP contribution < -0.4 is 10.6 Å². The molecule has 0 radical (unpaired) electrons. The van der Waals surface area contributed by atoms with Crippen LogP contribution in [0.4, 0.5) is 5.69 Å². The topological polar surface area (TPSA) is 82.0 Å². The predicted octanol–water partition coefficient (Wildman–Crippen LogP) is 1.42. The molecular formula is C15H19N3O2. The summed E-state index contributed by atoms with van der Waals surface area (Å²) in [6.45, 7) is 4.04. The normalized spacial score (nSPS) is 17.9. The highest BCUT2D eigenvalue weighted by Crippen LogP contribution is 2.28. The lowest BCUT2D eigenvalue weighted by atomic mass is 9.88. The number of aryl methyl sites for hydroxylation is 1. The zero-order valence-electron chi connectivity index (χ0n) is 11.8. The molecule has 0 aromatic heterocycles. The molecule has 0 unspecified atom stereocenters. The van der Waals surface area contributed by atoms with Crippen LogP contribution in [-0.4, -0.2) is 25.8 Å². The molecule has 20 heavy (non-hydrogen) atoms. The van der Waals surface area contributed by atoms with E-state index in [1.54, 1.807) is 7.05 Å². The molecule has 5 nitrogen and oxygen atoms in total. The van der Waals surface area contributed by atoms with Crippen molar-refractivity contribution in [2.75, 3.05) is 12.4 Å². The van der Waals surface area contributed by atoms with Gasteiger partial charge in [-0.25, -0.2) is 0 Å². The van der Waals surface area contributed by atoms with E-state index in [0.717, 1.165) is 11.3 Å². The van der Waals surface area contributed by atoms with Gasteiger partial charge in [0.2, 0.25) is 5.91 Å². The summed E-state index contributed by atoms with van der Waals surface area (Å²) >= 11 is 0. The molecule has 1 amide bonds. The van der Waals surface area contributed by atoms with Gasteiger partial charge in [-0.15, -0.1) is 0 Å². The maximum Gasteiger partial charge on any atom is 0.227 e. The van der Waals surface area contributed by atoms with Crippen molar-refractivity contribution in [3.8, 4) is 6.07 Å². The van der Waals surface area contributed by atoms with Crippen LogP contribution in [0.5, 0.6) is 0 Å². The van der Waals surface area contributed by atoms with Crippen LogP contribution in [0.1, 0.15) is 17.5 Å². The van der Waals surface area contributed by atoms with E-state index in [9.17, 15) is 4.79 Å². The zero-order valence-corrected chi connectivity index (χ0v) is 11.8. The number of benzene rings is 1. The smallest absolute Gasteiger partial charge is 0.227 e. The third-order valence-corrected chi connectivity index (χ3v) is 3.38. The third kappa shape index (κ3) is 3.65. The summed E-state index contributed by atoms with van der Waals surface area (Å²) in [4.78, 5) is 20.0. The van der Waals surface area contributed by atoms with E-state index in [1.165, 1.54) is 5.56 Å². The summed E-state index contributed by atoms with van der Waals surface area (Å²) in [6, 6.07) is 7.93. The highest BCUT2D eigenvalue weighted by molar-refractivity contribution is 5.95. The Bertz CT molecular complexity index is 522. The van der Waals surface area contributed by atoms with Crippen molar-refractivity contribution in [2.45, 2.75) is 25.8 Å². The van der Waals surface area contributed by atoms with Gasteiger partial charge in [-0.2, -0.15) is 5.26 Å². The Labute approximate surface area is 119 Å². The number of rotatable bonds is 3. The van der Waals surface area contributed by atoms with Crippen molar-refractivity contribution in [1.29, 1.82) is 5.26 Å². The summed E-state index contributed by atoms with van der Waals surface area (Å²) in [6.07, 6.45) is 1.26. The molecular weight excluding hydrogens is 254 g/mol. The van der Waals surface area contributed by atoms with Crippen LogP contribution >= 0.6 is 0 Å². The van der Waals surface area contributed by atoms with Gasteiger partial charge in [-0.05, 0) is 38.4 Å². The number of nitriles is 1. The summed E-state index contributed by atoms with van der Waals surface area (Å²) in [5, 5.41) is 14.8. The average molecular weight is 273 g/mol. The molecule has 2 atom stereocenters. The Morgan fingerprint density at radius 2 is 2.25 bits per heavy atom. The second kappa shape index (κ2) is 7.41. The molecule has 0 bridgehead atoms. The van der Waals surface area contributed by atoms with Crippen molar-refractivity contribution in [3.05, 3.63) is 29.3 Å². The van der Waals surface area contributed by atoms with E-state index < -0.39 is 0 Å². The van der Waals surface area contributed by atoms with Gasteiger partial charge in [-0.1, -0.05) is 17.7 Å². The molecule has 5 heteroatoms. The fourth-order valence-corrected chi connectivity index (χ4v) is 2.32. The zero-order chi connectivity index (χ0) is 15.1. The second-order valence-corrected chi connectivity index (χ2v) is 4.76. The SMILES string of the molecule is C=O.CN[C@H](C#N)C[C@@H]1Cc2cc(C)ccc2NC1=O. The van der Waals surface area contributed by atoms with E-state index in [2.05, 4.69) is 22.8 Å². The molecule has 0 spiro atoms. The van der Waals surface area contributed by atoms with Gasteiger partial charge < -0.3 is 15.4 Å². The molecule has 1 aromatic rings. The Kier molecular flexibility index (Phi) is 5.88. The van der Waals surface area contributed by atoms with Crippen LogP contribution in [0.25, 0.3) is 0 Å². The number of carbonyl (C=O) groups is 2. The molecule has 1 heterocycles. The molecule has 0 saturated carbocycles. The average Bonchev–Trinajstić information content (AvgIpc) is 2.47. The second-order valence-electron chi connectivity index (χ2n) is 4.76. The molecule has 0 fully saturated rings. The number of fused-ring (bicyclic) bond motifs is 1. The van der Waals surface area contributed by atoms with Crippen LogP contribution in [0, 0.1) is 24.2 Å². The van der Waals surface area contributed by atoms with Crippen molar-refractivity contribution >= 4 is 18.4 Å². The number of hydrogen-bond donors (Lipinski definition) is 2. The van der Waals surface area contributed by atoms with Gasteiger partial charge in [0, 0.05) is 11.6 Å². The minimum Gasteiger partial charge on any atom is -0.326 e. The van der Waals surface area contributed by atoms with Crippen molar-refractivity contribution in [2.24, 2.45) is 5.92 Å². The van der Waals surface area contributed by atoms with E-state index in [4.69, 9.17) is 10.1 Å². The number of nitrogens with zero attached hydrogens (tertiary/aromatic N) is 1. The third-order valence-electron chi connectivity index (χ3n) is 3.38. The number of nitrogens with one attached hydrogen (secondary N) is 2. The molecule has 2 N–H and O–H groups in total. The fraction of sp³-hybridized carbons (Fsp3) is 0.400.